The van der Waals surface area contributed by atoms with E-state index >= 15 is 0 Å². The molecule has 1 aromatic carbocycles. The molecular formula is C11H15N3O2. The first kappa shape index (κ1) is 7.51. The van der Waals surface area contributed by atoms with Crippen LogP contribution in [0.5, 0.6) is 5.75 Å². The molecule has 0 aliphatic carbocycles. The summed E-state index contributed by atoms with van der Waals surface area (Å²) in [6.45, 7) is -0.0794. The largest absolute Gasteiger partial charge is 0.496 e. The average Bonchev–Trinajstić information content (AvgIpc) is 2.61. The van der Waals surface area contributed by atoms with Gasteiger partial charge in [-0.2, -0.15) is 5.10 Å². The van der Waals surface area contributed by atoms with Crippen LogP contribution in [-0.2, 0) is 18.4 Å². The summed E-state index contributed by atoms with van der Waals surface area (Å²) in [4.78, 5) is 0. The van der Waals surface area contributed by atoms with Gasteiger partial charge in [0.2, 0.25) is 0 Å². The van der Waals surface area contributed by atoms with Gasteiger partial charge in [0.1, 0.15) is 5.75 Å². The Balaban J connectivity index is 2.48. The molecule has 5 nitrogen and oxygen atoms in total. The van der Waals surface area contributed by atoms with Crippen molar-refractivity contribution in [2.24, 2.45) is 7.05 Å². The van der Waals surface area contributed by atoms with Gasteiger partial charge in [-0.1, -0.05) is 6.07 Å². The van der Waals surface area contributed by atoms with Gasteiger partial charge in [0.05, 0.1) is 28.7 Å². The fraction of sp³-hybridized carbons (Fsp3) is 0.364. The summed E-state index contributed by atoms with van der Waals surface area (Å²) >= 11 is 0. The second kappa shape index (κ2) is 4.02. The van der Waals surface area contributed by atoms with E-state index in [0.717, 1.165) is 5.52 Å². The van der Waals surface area contributed by atoms with Crippen molar-refractivity contribution in [3.8, 4) is 5.75 Å². The Labute approximate surface area is 98.0 Å². The van der Waals surface area contributed by atoms with Gasteiger partial charge in [-0.3, -0.25) is 4.68 Å². The van der Waals surface area contributed by atoms with E-state index in [4.69, 9.17) is 19.3 Å². The number of aryl methyl sites for hydroxylation is 1. The highest BCUT2D eigenvalue weighted by Crippen LogP contribution is 2.33. The molecule has 0 saturated heterocycles. The SMILES string of the molecule is [2H]C([2H])([2H])OCc1ccc2c(c(N)nn2C)c1OC. The third kappa shape index (κ3) is 1.49. The number of aromatic nitrogens is 2. The fourth-order valence-corrected chi connectivity index (χ4v) is 1.82. The number of hydrogen-bond donors (Lipinski definition) is 1. The second-order valence-corrected chi connectivity index (χ2v) is 3.45. The third-order valence-electron chi connectivity index (χ3n) is 2.51. The Morgan fingerprint density at radius 3 is 3.06 bits per heavy atom. The normalized spacial score (nSPS) is 14.5. The van der Waals surface area contributed by atoms with E-state index < -0.39 is 7.04 Å². The zero-order valence-corrected chi connectivity index (χ0v) is 9.15. The van der Waals surface area contributed by atoms with Crippen molar-refractivity contribution in [3.05, 3.63) is 17.7 Å². The summed E-state index contributed by atoms with van der Waals surface area (Å²) in [6, 6.07) is 3.55. The van der Waals surface area contributed by atoms with Crippen LogP contribution in [0.25, 0.3) is 10.9 Å². The molecule has 0 atom stereocenters. The van der Waals surface area contributed by atoms with Crippen LogP contribution in [0.2, 0.25) is 0 Å². The monoisotopic (exact) mass is 224 g/mol. The average molecular weight is 224 g/mol. The van der Waals surface area contributed by atoms with Gasteiger partial charge in [-0.25, -0.2) is 0 Å². The van der Waals surface area contributed by atoms with E-state index in [1.54, 1.807) is 23.9 Å². The van der Waals surface area contributed by atoms with Crippen LogP contribution in [-0.4, -0.2) is 23.9 Å². The molecule has 1 heterocycles. The van der Waals surface area contributed by atoms with Crippen LogP contribution in [0, 0.1) is 0 Å². The quantitative estimate of drug-likeness (QED) is 0.853. The minimum absolute atomic E-state index is 0.0794. The predicted octanol–water partition coefficient (Wildman–Crippen LogP) is 1.31. The van der Waals surface area contributed by atoms with Crippen molar-refractivity contribution >= 4 is 16.7 Å². The molecule has 0 aliphatic heterocycles. The molecule has 1 aromatic heterocycles. The topological polar surface area (TPSA) is 62.3 Å². The summed E-state index contributed by atoms with van der Waals surface area (Å²) in [5.41, 5.74) is 7.27. The number of nitrogen functional groups attached to an aromatic ring is 1. The van der Waals surface area contributed by atoms with Crippen LogP contribution >= 0.6 is 0 Å². The van der Waals surface area contributed by atoms with E-state index in [9.17, 15) is 0 Å². The number of fused-ring (bicyclic) bond motifs is 1. The molecule has 2 N–H and O–H groups in total. The van der Waals surface area contributed by atoms with Gasteiger partial charge >= 0.3 is 0 Å². The van der Waals surface area contributed by atoms with Crippen LogP contribution in [0.3, 0.4) is 0 Å². The molecule has 0 bridgehead atoms. The fourth-order valence-electron chi connectivity index (χ4n) is 1.82. The molecule has 5 heteroatoms. The smallest absolute Gasteiger partial charge is 0.157 e. The molecule has 0 aliphatic rings. The molecule has 2 aromatic rings. The number of methoxy groups -OCH3 is 2. The summed E-state index contributed by atoms with van der Waals surface area (Å²) in [5, 5.41) is 4.77. The van der Waals surface area contributed by atoms with E-state index in [2.05, 4.69) is 5.10 Å². The number of nitrogens with zero attached hydrogens (tertiary/aromatic N) is 2. The van der Waals surface area contributed by atoms with Gasteiger partial charge in [-0.15, -0.1) is 0 Å². The minimum Gasteiger partial charge on any atom is -0.496 e. The van der Waals surface area contributed by atoms with Crippen molar-refractivity contribution in [3.63, 3.8) is 0 Å². The molecule has 0 radical (unpaired) electrons. The molecule has 0 spiro atoms. The van der Waals surface area contributed by atoms with Crippen LogP contribution in [0.4, 0.5) is 5.82 Å². The summed E-state index contributed by atoms with van der Waals surface area (Å²) in [7, 11) is 0.831. The maximum atomic E-state index is 7.05. The van der Waals surface area contributed by atoms with Gasteiger partial charge in [0.25, 0.3) is 0 Å². The zero-order valence-electron chi connectivity index (χ0n) is 12.2. The molecule has 0 amide bonds. The summed E-state index contributed by atoms with van der Waals surface area (Å²) in [5.74, 6) is 0.831. The zero-order chi connectivity index (χ0) is 14.2. The van der Waals surface area contributed by atoms with E-state index in [1.165, 1.54) is 7.11 Å². The van der Waals surface area contributed by atoms with E-state index in [0.29, 0.717) is 22.5 Å². The van der Waals surface area contributed by atoms with Crippen molar-refractivity contribution in [1.29, 1.82) is 0 Å². The number of rotatable bonds is 3. The molecule has 0 fully saturated rings. The Kier molecular flexibility index (Phi) is 1.89. The lowest BCUT2D eigenvalue weighted by Crippen LogP contribution is -1.96. The number of ether oxygens (including phenoxy) is 2. The van der Waals surface area contributed by atoms with Crippen LogP contribution < -0.4 is 10.5 Å². The number of anilines is 1. The molecule has 2 rings (SSSR count). The Morgan fingerprint density at radius 2 is 2.38 bits per heavy atom. The van der Waals surface area contributed by atoms with E-state index in [-0.39, 0.29) is 6.61 Å². The summed E-state index contributed by atoms with van der Waals surface area (Å²) < 4.78 is 32.9. The highest BCUT2D eigenvalue weighted by Gasteiger charge is 2.14. The highest BCUT2D eigenvalue weighted by molar-refractivity contribution is 5.95. The first-order chi connectivity index (χ1) is 8.83. The lowest BCUT2D eigenvalue weighted by atomic mass is 10.1. The Bertz CT molecular complexity index is 607. The molecule has 16 heavy (non-hydrogen) atoms. The number of nitrogens with two attached hydrogens (primary N) is 1. The Hall–Kier alpha value is -1.75. The third-order valence-corrected chi connectivity index (χ3v) is 2.51. The lowest BCUT2D eigenvalue weighted by molar-refractivity contribution is 0.182. The van der Waals surface area contributed by atoms with Crippen LogP contribution in [0.15, 0.2) is 12.1 Å². The number of hydrogen-bond acceptors (Lipinski definition) is 4. The van der Waals surface area contributed by atoms with Crippen molar-refractivity contribution in [1.82, 2.24) is 9.78 Å². The van der Waals surface area contributed by atoms with Gasteiger partial charge in [0, 0.05) is 19.6 Å². The molecular weight excluding hydrogens is 206 g/mol. The predicted molar refractivity (Wildman–Crippen MR) is 62.4 cm³/mol. The first-order valence-corrected chi connectivity index (χ1v) is 4.75. The van der Waals surface area contributed by atoms with E-state index in [1.807, 2.05) is 0 Å². The van der Waals surface area contributed by atoms with Gasteiger partial charge < -0.3 is 15.2 Å². The maximum Gasteiger partial charge on any atom is 0.157 e. The maximum absolute atomic E-state index is 7.05. The molecule has 0 saturated carbocycles. The van der Waals surface area contributed by atoms with Gasteiger partial charge in [0.15, 0.2) is 5.82 Å². The first-order valence-electron chi connectivity index (χ1n) is 6.25. The van der Waals surface area contributed by atoms with Crippen LogP contribution in [0.1, 0.15) is 9.68 Å². The standard InChI is InChI=1S/C11H15N3O2/c1-14-8-5-4-7(6-15-2)10(16-3)9(8)11(12)13-14/h4-5H,6H2,1-3H3,(H2,12,13)/i2D3. The minimum atomic E-state index is -2.44. The lowest BCUT2D eigenvalue weighted by Gasteiger charge is -2.09. The van der Waals surface area contributed by atoms with Crippen molar-refractivity contribution < 1.29 is 13.6 Å². The second-order valence-electron chi connectivity index (χ2n) is 3.45. The van der Waals surface area contributed by atoms with Crippen molar-refractivity contribution in [2.45, 2.75) is 6.61 Å². The molecule has 0 unspecified atom stereocenters. The number of benzene rings is 1. The molecule has 86 valence electrons. The Morgan fingerprint density at radius 1 is 1.56 bits per heavy atom. The van der Waals surface area contributed by atoms with Crippen molar-refractivity contribution in [2.75, 3.05) is 19.9 Å². The summed E-state index contributed by atoms with van der Waals surface area (Å²) in [6.07, 6.45) is 0. The highest BCUT2D eigenvalue weighted by atomic mass is 16.5. The van der Waals surface area contributed by atoms with Gasteiger partial charge in [-0.05, 0) is 6.07 Å².